The van der Waals surface area contributed by atoms with Gasteiger partial charge in [0.15, 0.2) is 5.65 Å². The van der Waals surface area contributed by atoms with Gasteiger partial charge in [-0.05, 0) is 24.1 Å². The number of benzene rings is 1. The van der Waals surface area contributed by atoms with Gasteiger partial charge < -0.3 is 15.4 Å². The normalized spacial score (nSPS) is 11.9. The summed E-state index contributed by atoms with van der Waals surface area (Å²) in [6.45, 7) is 2.73. The third-order valence-corrected chi connectivity index (χ3v) is 5.69. The number of ether oxygens (including phenoxy) is 1. The van der Waals surface area contributed by atoms with E-state index in [0.29, 0.717) is 29.8 Å². The number of rotatable bonds is 9. The summed E-state index contributed by atoms with van der Waals surface area (Å²) in [7, 11) is 1.45. The van der Waals surface area contributed by atoms with Crippen LogP contribution in [0.4, 0.5) is 0 Å². The first-order valence-electron chi connectivity index (χ1n) is 11.3. The van der Waals surface area contributed by atoms with Crippen LogP contribution in [-0.2, 0) is 6.54 Å². The molecule has 0 saturated carbocycles. The van der Waals surface area contributed by atoms with Crippen LogP contribution < -0.4 is 16.0 Å². The van der Waals surface area contributed by atoms with Gasteiger partial charge in [-0.25, -0.2) is 19.9 Å². The Balaban J connectivity index is 1.84. The molecule has 0 bridgehead atoms. The molecule has 0 fully saturated rings. The van der Waals surface area contributed by atoms with Crippen molar-refractivity contribution < 1.29 is 9.53 Å². The van der Waals surface area contributed by atoms with Crippen molar-refractivity contribution in [3.8, 4) is 6.01 Å². The topological polar surface area (TPSA) is 129 Å². The maximum Gasteiger partial charge on any atom is 0.316 e. The Morgan fingerprint density at radius 3 is 2.51 bits per heavy atom. The van der Waals surface area contributed by atoms with Gasteiger partial charge in [-0.2, -0.15) is 0 Å². The van der Waals surface area contributed by atoms with Crippen LogP contribution in [-0.4, -0.2) is 55.5 Å². The van der Waals surface area contributed by atoms with Crippen molar-refractivity contribution in [3.05, 3.63) is 88.4 Å². The highest BCUT2D eigenvalue weighted by atomic mass is 16.5. The van der Waals surface area contributed by atoms with Gasteiger partial charge in [0.1, 0.15) is 5.82 Å². The fourth-order valence-corrected chi connectivity index (χ4v) is 4.02. The minimum absolute atomic E-state index is 0.165. The lowest BCUT2D eigenvalue weighted by atomic mass is 10.1. The molecule has 1 unspecified atom stereocenters. The van der Waals surface area contributed by atoms with Gasteiger partial charge in [0, 0.05) is 31.7 Å². The predicted molar refractivity (Wildman–Crippen MR) is 131 cm³/mol. The molecule has 1 aromatic carbocycles. The molecular weight excluding hydrogens is 446 g/mol. The highest BCUT2D eigenvalue weighted by Gasteiger charge is 2.29. The molecule has 4 aromatic rings. The lowest BCUT2D eigenvalue weighted by Gasteiger charge is -2.32. The molecule has 0 spiro atoms. The van der Waals surface area contributed by atoms with Crippen LogP contribution in [0.25, 0.3) is 11.0 Å². The van der Waals surface area contributed by atoms with Gasteiger partial charge in [0.2, 0.25) is 0 Å². The third kappa shape index (κ3) is 5.02. The SMILES string of the molecule is CCC(c1nc2ncccc2c(=O)n1Cc1ccccc1)N(CCN)C(=O)c1cnc(OC)nc1. The number of fused-ring (bicyclic) bond motifs is 1. The fraction of sp³-hybridized carbons (Fsp3) is 0.280. The summed E-state index contributed by atoms with van der Waals surface area (Å²) in [4.78, 5) is 45.9. The standard InChI is InChI=1S/C25H27N7O3/c1-3-20(31(13-11-26)23(33)18-14-28-25(35-2)29-15-18)22-30-21-19(10-7-12-27-21)24(34)32(22)16-17-8-5-4-6-9-17/h4-10,12,14-15,20H,3,11,13,16,26H2,1-2H3. The molecule has 1 amide bonds. The molecule has 10 nitrogen and oxygen atoms in total. The minimum Gasteiger partial charge on any atom is -0.467 e. The van der Waals surface area contributed by atoms with Gasteiger partial charge in [-0.1, -0.05) is 37.3 Å². The Kier molecular flexibility index (Phi) is 7.41. The molecule has 0 saturated heterocycles. The summed E-state index contributed by atoms with van der Waals surface area (Å²) in [5, 5.41) is 0.419. The van der Waals surface area contributed by atoms with Crippen molar-refractivity contribution in [1.82, 2.24) is 29.4 Å². The number of nitrogens with two attached hydrogens (primary N) is 1. The smallest absolute Gasteiger partial charge is 0.316 e. The molecule has 0 radical (unpaired) electrons. The zero-order valence-corrected chi connectivity index (χ0v) is 19.7. The lowest BCUT2D eigenvalue weighted by Crippen LogP contribution is -2.41. The number of hydrogen-bond acceptors (Lipinski definition) is 8. The number of pyridine rings is 1. The molecule has 3 aromatic heterocycles. The Labute approximate surface area is 202 Å². The summed E-state index contributed by atoms with van der Waals surface area (Å²) in [6.07, 6.45) is 4.93. The van der Waals surface area contributed by atoms with E-state index >= 15 is 0 Å². The van der Waals surface area contributed by atoms with Crippen LogP contribution in [0.5, 0.6) is 6.01 Å². The molecule has 4 rings (SSSR count). The van der Waals surface area contributed by atoms with Crippen molar-refractivity contribution in [2.75, 3.05) is 20.2 Å². The second-order valence-electron chi connectivity index (χ2n) is 7.89. The van der Waals surface area contributed by atoms with E-state index in [2.05, 4.69) is 15.0 Å². The van der Waals surface area contributed by atoms with E-state index in [1.807, 2.05) is 37.3 Å². The van der Waals surface area contributed by atoms with Gasteiger partial charge in [-0.3, -0.25) is 14.2 Å². The van der Waals surface area contributed by atoms with E-state index in [1.165, 1.54) is 19.5 Å². The Morgan fingerprint density at radius 1 is 1.11 bits per heavy atom. The first-order chi connectivity index (χ1) is 17.1. The van der Waals surface area contributed by atoms with Crippen molar-refractivity contribution in [1.29, 1.82) is 0 Å². The Bertz CT molecular complexity index is 1360. The summed E-state index contributed by atoms with van der Waals surface area (Å²) in [5.41, 5.74) is 7.25. The van der Waals surface area contributed by atoms with Crippen molar-refractivity contribution in [2.45, 2.75) is 25.9 Å². The highest BCUT2D eigenvalue weighted by Crippen LogP contribution is 2.25. The van der Waals surface area contributed by atoms with E-state index in [1.54, 1.807) is 27.8 Å². The summed E-state index contributed by atoms with van der Waals surface area (Å²) < 4.78 is 6.62. The van der Waals surface area contributed by atoms with Crippen molar-refractivity contribution >= 4 is 16.9 Å². The Morgan fingerprint density at radius 2 is 1.86 bits per heavy atom. The second-order valence-corrected chi connectivity index (χ2v) is 7.89. The predicted octanol–water partition coefficient (Wildman–Crippen LogP) is 2.19. The number of carbonyl (C=O) groups excluding carboxylic acids is 1. The zero-order valence-electron chi connectivity index (χ0n) is 19.7. The maximum absolute atomic E-state index is 13.6. The van der Waals surface area contributed by atoms with Gasteiger partial charge in [-0.15, -0.1) is 0 Å². The van der Waals surface area contributed by atoms with E-state index in [0.717, 1.165) is 5.56 Å². The van der Waals surface area contributed by atoms with Crippen LogP contribution >= 0.6 is 0 Å². The maximum atomic E-state index is 13.6. The molecule has 35 heavy (non-hydrogen) atoms. The van der Waals surface area contributed by atoms with Gasteiger partial charge >= 0.3 is 6.01 Å². The molecule has 2 N–H and O–H groups in total. The lowest BCUT2D eigenvalue weighted by molar-refractivity contribution is 0.0663. The average Bonchev–Trinajstić information content (AvgIpc) is 2.91. The largest absolute Gasteiger partial charge is 0.467 e. The molecule has 0 aliphatic carbocycles. The van der Waals surface area contributed by atoms with Gasteiger partial charge in [0.25, 0.3) is 11.5 Å². The zero-order chi connectivity index (χ0) is 24.8. The second kappa shape index (κ2) is 10.8. The van der Waals surface area contributed by atoms with Crippen molar-refractivity contribution in [2.24, 2.45) is 5.73 Å². The third-order valence-electron chi connectivity index (χ3n) is 5.69. The molecule has 1 atom stereocenters. The molecule has 0 aliphatic heterocycles. The average molecular weight is 474 g/mol. The van der Waals surface area contributed by atoms with E-state index < -0.39 is 6.04 Å². The Hall–Kier alpha value is -4.18. The van der Waals surface area contributed by atoms with Crippen LogP contribution in [0.3, 0.4) is 0 Å². The van der Waals surface area contributed by atoms with Crippen LogP contribution in [0, 0.1) is 0 Å². The molecular formula is C25H27N7O3. The number of aromatic nitrogens is 5. The number of carbonyl (C=O) groups is 1. The van der Waals surface area contributed by atoms with Crippen LogP contribution in [0.1, 0.15) is 41.1 Å². The summed E-state index contributed by atoms with van der Waals surface area (Å²) >= 11 is 0. The molecule has 3 heterocycles. The summed E-state index contributed by atoms with van der Waals surface area (Å²) in [5.74, 6) is 0.135. The molecule has 10 heteroatoms. The van der Waals surface area contributed by atoms with Crippen molar-refractivity contribution in [3.63, 3.8) is 0 Å². The van der Waals surface area contributed by atoms with Crippen LogP contribution in [0.2, 0.25) is 0 Å². The van der Waals surface area contributed by atoms with E-state index in [-0.39, 0.29) is 36.1 Å². The first kappa shape index (κ1) is 24.0. The van der Waals surface area contributed by atoms with Crippen LogP contribution in [0.15, 0.2) is 65.8 Å². The van der Waals surface area contributed by atoms with E-state index in [4.69, 9.17) is 15.5 Å². The minimum atomic E-state index is -0.532. The number of hydrogen-bond donors (Lipinski definition) is 1. The van der Waals surface area contributed by atoms with E-state index in [9.17, 15) is 9.59 Å². The summed E-state index contributed by atoms with van der Waals surface area (Å²) in [6, 6.07) is 12.7. The highest BCUT2D eigenvalue weighted by molar-refractivity contribution is 5.94. The quantitative estimate of drug-likeness (QED) is 0.392. The first-order valence-corrected chi connectivity index (χ1v) is 11.3. The monoisotopic (exact) mass is 473 g/mol. The molecule has 0 aliphatic rings. The van der Waals surface area contributed by atoms with Gasteiger partial charge in [0.05, 0.1) is 30.6 Å². The number of nitrogens with zero attached hydrogens (tertiary/aromatic N) is 6. The molecule has 180 valence electrons. The number of amides is 1. The number of methoxy groups -OCH3 is 1. The fourth-order valence-electron chi connectivity index (χ4n) is 4.02.